The van der Waals surface area contributed by atoms with Crippen LogP contribution in [0.5, 0.6) is 0 Å². The molecule has 4 radical (unpaired) electrons. The molecule has 0 atom stereocenters. The first kappa shape index (κ1) is 15.5. The first-order chi connectivity index (χ1) is 6.77. The summed E-state index contributed by atoms with van der Waals surface area (Å²) in [6.45, 7) is 14.9. The molecule has 0 amide bonds. The van der Waals surface area contributed by atoms with Gasteiger partial charge >= 0.3 is 0 Å². The zero-order valence-electron chi connectivity index (χ0n) is 10.5. The van der Waals surface area contributed by atoms with E-state index in [0.717, 1.165) is 6.04 Å². The molecule has 6 heteroatoms. The lowest BCUT2D eigenvalue weighted by Gasteiger charge is -2.23. The minimum absolute atomic E-state index is 0.464. The van der Waals surface area contributed by atoms with Crippen molar-refractivity contribution in [3.05, 3.63) is 12.3 Å². The van der Waals surface area contributed by atoms with E-state index >= 15 is 0 Å². The molecular weight excluding hydrogens is 252 g/mol. The smallest absolute Gasteiger partial charge is 0.247 e. The maximum absolute atomic E-state index is 5.84. The molecule has 0 aliphatic carbocycles. The van der Waals surface area contributed by atoms with Gasteiger partial charge in [-0.05, 0) is 44.8 Å². The number of hydrogen-bond donors (Lipinski definition) is 0. The van der Waals surface area contributed by atoms with Gasteiger partial charge in [-0.15, -0.1) is 6.58 Å². The van der Waals surface area contributed by atoms with E-state index in [0.29, 0.717) is 19.5 Å². The molecule has 0 aromatic rings. The highest BCUT2D eigenvalue weighted by atomic mass is 28.4. The number of hydrogen-bond acceptors (Lipinski definition) is 2. The summed E-state index contributed by atoms with van der Waals surface area (Å²) in [7, 11) is -1.62. The second-order valence-corrected chi connectivity index (χ2v) is 16.4. The Bertz CT molecular complexity index is 189. The van der Waals surface area contributed by atoms with Gasteiger partial charge in [0.25, 0.3) is 0 Å². The van der Waals surface area contributed by atoms with Gasteiger partial charge < -0.3 is 8.23 Å². The third-order valence-corrected chi connectivity index (χ3v) is 9.91. The van der Waals surface area contributed by atoms with Crippen molar-refractivity contribution in [1.29, 1.82) is 0 Å². The van der Waals surface area contributed by atoms with Crippen molar-refractivity contribution in [2.45, 2.75) is 44.8 Å². The van der Waals surface area contributed by atoms with Crippen LogP contribution in [-0.4, -0.2) is 36.2 Å². The van der Waals surface area contributed by atoms with E-state index in [4.69, 9.17) is 8.23 Å². The van der Waals surface area contributed by atoms with Gasteiger partial charge in [0.05, 0.1) is 0 Å². The summed E-state index contributed by atoms with van der Waals surface area (Å²) >= 11 is 0. The van der Waals surface area contributed by atoms with Gasteiger partial charge in [0, 0.05) is 0 Å². The molecule has 0 heterocycles. The Balaban J connectivity index is 3.61. The van der Waals surface area contributed by atoms with Crippen LogP contribution in [0.2, 0.25) is 44.8 Å². The standard InChI is InChI=1S/C9H22O2Si4/c1-7-12-11-15(5,6)9-8-13-10-14(2,3)4/h7H,1,8-9H2,2-6H3. The van der Waals surface area contributed by atoms with Crippen LogP contribution in [-0.2, 0) is 8.23 Å². The molecule has 0 aromatic heterocycles. The molecule has 2 nitrogen and oxygen atoms in total. The van der Waals surface area contributed by atoms with Gasteiger partial charge in [0.2, 0.25) is 19.5 Å². The average molecular weight is 275 g/mol. The van der Waals surface area contributed by atoms with Crippen LogP contribution in [0.3, 0.4) is 0 Å². The minimum atomic E-state index is -1.44. The Morgan fingerprint density at radius 1 is 1.13 bits per heavy atom. The monoisotopic (exact) mass is 274 g/mol. The molecule has 0 fully saturated rings. The molecule has 0 rings (SSSR count). The number of rotatable bonds is 8. The predicted octanol–water partition coefficient (Wildman–Crippen LogP) is 2.86. The molecule has 0 saturated heterocycles. The van der Waals surface area contributed by atoms with Gasteiger partial charge in [-0.25, -0.2) is 0 Å². The Labute approximate surface area is 102 Å². The van der Waals surface area contributed by atoms with Crippen molar-refractivity contribution in [2.75, 3.05) is 0 Å². The SMILES string of the molecule is C=C[Si]O[Si](C)(C)CC[Si]O[Si](C)(C)C. The maximum atomic E-state index is 5.84. The Morgan fingerprint density at radius 3 is 2.20 bits per heavy atom. The second-order valence-electron chi connectivity index (χ2n) is 5.04. The second kappa shape index (κ2) is 6.97. The zero-order valence-corrected chi connectivity index (χ0v) is 14.5. The normalized spacial score (nSPS) is 12.9. The maximum Gasteiger partial charge on any atom is 0.247 e. The minimum Gasteiger partial charge on any atom is -0.456 e. The summed E-state index contributed by atoms with van der Waals surface area (Å²) in [4.78, 5) is 0. The molecule has 0 spiro atoms. The Kier molecular flexibility index (Phi) is 7.22. The van der Waals surface area contributed by atoms with E-state index in [9.17, 15) is 0 Å². The average Bonchev–Trinajstić information content (AvgIpc) is 2.08. The molecule has 0 unspecified atom stereocenters. The summed E-state index contributed by atoms with van der Waals surface area (Å²) in [5, 5.41) is 0. The van der Waals surface area contributed by atoms with Crippen LogP contribution in [0.1, 0.15) is 0 Å². The van der Waals surface area contributed by atoms with Crippen molar-refractivity contribution in [3.63, 3.8) is 0 Å². The van der Waals surface area contributed by atoms with Crippen molar-refractivity contribution >= 4 is 36.2 Å². The van der Waals surface area contributed by atoms with Crippen LogP contribution < -0.4 is 0 Å². The largest absolute Gasteiger partial charge is 0.456 e. The van der Waals surface area contributed by atoms with Gasteiger partial charge in [0.1, 0.15) is 0 Å². The van der Waals surface area contributed by atoms with Crippen molar-refractivity contribution < 1.29 is 8.23 Å². The fourth-order valence-corrected chi connectivity index (χ4v) is 7.85. The van der Waals surface area contributed by atoms with Crippen molar-refractivity contribution in [3.8, 4) is 0 Å². The summed E-state index contributed by atoms with van der Waals surface area (Å²) in [6.07, 6.45) is 0. The highest BCUT2D eigenvalue weighted by Crippen LogP contribution is 2.14. The summed E-state index contributed by atoms with van der Waals surface area (Å²) in [5.41, 5.74) is 1.86. The molecule has 86 valence electrons. The molecule has 15 heavy (non-hydrogen) atoms. The van der Waals surface area contributed by atoms with Crippen LogP contribution in [0.25, 0.3) is 0 Å². The van der Waals surface area contributed by atoms with E-state index in [-0.39, 0.29) is 0 Å². The van der Waals surface area contributed by atoms with E-state index < -0.39 is 16.6 Å². The Morgan fingerprint density at radius 2 is 1.73 bits per heavy atom. The highest BCUT2D eigenvalue weighted by Gasteiger charge is 2.22. The predicted molar refractivity (Wildman–Crippen MR) is 74.3 cm³/mol. The molecular formula is C9H22O2Si4. The molecule has 0 saturated carbocycles. The summed E-state index contributed by atoms with van der Waals surface area (Å²) < 4.78 is 11.7. The van der Waals surface area contributed by atoms with Crippen LogP contribution in [0.4, 0.5) is 0 Å². The van der Waals surface area contributed by atoms with E-state index in [2.05, 4.69) is 39.3 Å². The molecule has 0 bridgehead atoms. The summed E-state index contributed by atoms with van der Waals surface area (Å²) in [6, 6.07) is 2.35. The lowest BCUT2D eigenvalue weighted by atomic mass is 10.9. The molecule has 0 aromatic carbocycles. The molecule has 0 N–H and O–H groups in total. The van der Waals surface area contributed by atoms with Crippen LogP contribution >= 0.6 is 0 Å². The van der Waals surface area contributed by atoms with Crippen molar-refractivity contribution in [1.82, 2.24) is 0 Å². The topological polar surface area (TPSA) is 18.5 Å². The molecule has 0 aliphatic rings. The first-order valence-electron chi connectivity index (χ1n) is 5.22. The van der Waals surface area contributed by atoms with Crippen LogP contribution in [0, 0.1) is 0 Å². The zero-order chi connectivity index (χ0) is 11.9. The van der Waals surface area contributed by atoms with Crippen LogP contribution in [0.15, 0.2) is 12.3 Å². The highest BCUT2D eigenvalue weighted by molar-refractivity contribution is 6.77. The summed E-state index contributed by atoms with van der Waals surface area (Å²) in [5.74, 6) is 0. The third kappa shape index (κ3) is 10.8. The lowest BCUT2D eigenvalue weighted by Crippen LogP contribution is -2.33. The first-order valence-corrected chi connectivity index (χ1v) is 13.8. The Hall–Kier alpha value is 0.528. The fourth-order valence-electron chi connectivity index (χ4n) is 0.872. The fraction of sp³-hybridized carbons (Fsp3) is 0.778. The third-order valence-electron chi connectivity index (χ3n) is 1.63. The van der Waals surface area contributed by atoms with Gasteiger partial charge in [-0.1, -0.05) is 5.70 Å². The van der Waals surface area contributed by atoms with Gasteiger partial charge in [-0.2, -0.15) is 0 Å². The van der Waals surface area contributed by atoms with Gasteiger partial charge in [0.15, 0.2) is 16.6 Å². The van der Waals surface area contributed by atoms with Gasteiger partial charge in [-0.3, -0.25) is 0 Å². The van der Waals surface area contributed by atoms with E-state index in [1.54, 1.807) is 0 Å². The molecule has 0 aliphatic heterocycles. The van der Waals surface area contributed by atoms with E-state index in [1.165, 1.54) is 6.04 Å². The van der Waals surface area contributed by atoms with Crippen molar-refractivity contribution in [2.24, 2.45) is 0 Å². The van der Waals surface area contributed by atoms with E-state index in [1.807, 2.05) is 5.70 Å². The lowest BCUT2D eigenvalue weighted by molar-refractivity contribution is 0.581. The quantitative estimate of drug-likeness (QED) is 0.500.